The van der Waals surface area contributed by atoms with Crippen LogP contribution < -0.4 is 0 Å². The average molecular weight is 252 g/mol. The molecule has 0 aliphatic rings. The Hall–Kier alpha value is -0.960. The third-order valence-corrected chi connectivity index (χ3v) is 3.52. The lowest BCUT2D eigenvalue weighted by Gasteiger charge is -2.05. The molecule has 0 radical (unpaired) electrons. The van der Waals surface area contributed by atoms with Gasteiger partial charge in [-0.15, -0.1) is 11.8 Å². The topological polar surface area (TPSA) is 26.3 Å². The molecule has 2 nitrogen and oxygen atoms in total. The van der Waals surface area contributed by atoms with E-state index in [2.05, 4.69) is 32.0 Å². The number of hydrogen-bond donors (Lipinski definition) is 0. The maximum atomic E-state index is 11.3. The summed E-state index contributed by atoms with van der Waals surface area (Å²) in [6.45, 7) is 6.74. The number of carbonyl (C=O) groups excluding carboxylic acids is 1. The monoisotopic (exact) mass is 252 g/mol. The molecule has 0 fully saturated rings. The van der Waals surface area contributed by atoms with Gasteiger partial charge in [-0.05, 0) is 43.5 Å². The number of aryl methyl sites for hydroxylation is 2. The van der Waals surface area contributed by atoms with Crippen molar-refractivity contribution in [1.82, 2.24) is 0 Å². The molecule has 94 valence electrons. The largest absolute Gasteiger partial charge is 0.466 e. The zero-order valence-electron chi connectivity index (χ0n) is 10.8. The van der Waals surface area contributed by atoms with Crippen LogP contribution in [0.2, 0.25) is 0 Å². The van der Waals surface area contributed by atoms with Crippen LogP contribution in [-0.4, -0.2) is 18.3 Å². The predicted molar refractivity (Wildman–Crippen MR) is 72.5 cm³/mol. The molecule has 0 saturated carbocycles. The molecule has 1 aromatic carbocycles. The minimum atomic E-state index is -0.0943. The van der Waals surface area contributed by atoms with E-state index >= 15 is 0 Å². The van der Waals surface area contributed by atoms with Crippen molar-refractivity contribution >= 4 is 17.7 Å². The molecule has 0 atom stereocenters. The highest BCUT2D eigenvalue weighted by Gasteiger charge is 2.03. The summed E-state index contributed by atoms with van der Waals surface area (Å²) in [6.07, 6.45) is 1.37. The molecule has 0 amide bonds. The van der Waals surface area contributed by atoms with Crippen LogP contribution >= 0.6 is 11.8 Å². The molecular weight excluding hydrogens is 232 g/mol. The minimum Gasteiger partial charge on any atom is -0.466 e. The van der Waals surface area contributed by atoms with Crippen LogP contribution in [0.4, 0.5) is 0 Å². The van der Waals surface area contributed by atoms with E-state index in [0.717, 1.165) is 12.2 Å². The Labute approximate surface area is 108 Å². The zero-order valence-corrected chi connectivity index (χ0v) is 11.6. The number of thioether (sulfide) groups is 1. The van der Waals surface area contributed by atoms with Crippen molar-refractivity contribution in [2.45, 2.75) is 38.5 Å². The maximum absolute atomic E-state index is 11.3. The standard InChI is InChI=1S/C14H20O2S/c1-4-8-16-14(15)7-9-17-13-6-5-11(2)12(3)10-13/h5-6,10H,4,7-9H2,1-3H3. The van der Waals surface area contributed by atoms with Gasteiger partial charge in [-0.2, -0.15) is 0 Å². The van der Waals surface area contributed by atoms with Gasteiger partial charge in [-0.25, -0.2) is 0 Å². The van der Waals surface area contributed by atoms with E-state index in [-0.39, 0.29) is 5.97 Å². The normalized spacial score (nSPS) is 10.3. The Kier molecular flexibility index (Phi) is 6.12. The van der Waals surface area contributed by atoms with Crippen LogP contribution in [0.25, 0.3) is 0 Å². The minimum absolute atomic E-state index is 0.0943. The first-order valence-electron chi connectivity index (χ1n) is 5.99. The van der Waals surface area contributed by atoms with E-state index in [1.165, 1.54) is 16.0 Å². The number of esters is 1. The number of rotatable bonds is 6. The van der Waals surface area contributed by atoms with E-state index in [0.29, 0.717) is 13.0 Å². The smallest absolute Gasteiger partial charge is 0.306 e. The first-order chi connectivity index (χ1) is 8.13. The molecule has 3 heteroatoms. The summed E-state index contributed by atoms with van der Waals surface area (Å²) in [5, 5.41) is 0. The molecule has 17 heavy (non-hydrogen) atoms. The highest BCUT2D eigenvalue weighted by molar-refractivity contribution is 7.99. The van der Waals surface area contributed by atoms with Crippen LogP contribution in [0.3, 0.4) is 0 Å². The second-order valence-corrected chi connectivity index (χ2v) is 5.23. The number of hydrogen-bond acceptors (Lipinski definition) is 3. The number of benzene rings is 1. The summed E-state index contributed by atoms with van der Waals surface area (Å²) in [5.74, 6) is 0.689. The van der Waals surface area contributed by atoms with Gasteiger partial charge in [0.1, 0.15) is 0 Å². The van der Waals surface area contributed by atoms with Crippen molar-refractivity contribution in [2.24, 2.45) is 0 Å². The molecule has 0 saturated heterocycles. The van der Waals surface area contributed by atoms with E-state index in [1.807, 2.05) is 6.92 Å². The Bertz CT molecular complexity index is 374. The molecule has 0 N–H and O–H groups in total. The van der Waals surface area contributed by atoms with Gasteiger partial charge in [0, 0.05) is 10.6 Å². The van der Waals surface area contributed by atoms with Crippen LogP contribution in [-0.2, 0) is 9.53 Å². The molecule has 1 aromatic rings. The second-order valence-electron chi connectivity index (χ2n) is 4.06. The van der Waals surface area contributed by atoms with Gasteiger partial charge in [0.2, 0.25) is 0 Å². The van der Waals surface area contributed by atoms with E-state index in [1.54, 1.807) is 11.8 Å². The van der Waals surface area contributed by atoms with E-state index < -0.39 is 0 Å². The summed E-state index contributed by atoms with van der Waals surface area (Å²) in [7, 11) is 0. The van der Waals surface area contributed by atoms with Crippen LogP contribution in [0.5, 0.6) is 0 Å². The Balaban J connectivity index is 2.30. The molecular formula is C14H20O2S. The fourth-order valence-corrected chi connectivity index (χ4v) is 2.27. The molecule has 0 unspecified atom stereocenters. The SMILES string of the molecule is CCCOC(=O)CCSc1ccc(C)c(C)c1. The first kappa shape index (κ1) is 14.1. The van der Waals surface area contributed by atoms with Crippen molar-refractivity contribution in [3.63, 3.8) is 0 Å². The molecule has 0 aliphatic heterocycles. The summed E-state index contributed by atoms with van der Waals surface area (Å²) >= 11 is 1.70. The summed E-state index contributed by atoms with van der Waals surface area (Å²) in [4.78, 5) is 12.5. The van der Waals surface area contributed by atoms with Gasteiger partial charge >= 0.3 is 5.97 Å². The third-order valence-electron chi connectivity index (χ3n) is 2.52. The number of carbonyl (C=O) groups is 1. The van der Waals surface area contributed by atoms with Gasteiger partial charge in [-0.1, -0.05) is 13.0 Å². The molecule has 0 aromatic heterocycles. The number of ether oxygens (including phenoxy) is 1. The van der Waals surface area contributed by atoms with Gasteiger partial charge < -0.3 is 4.74 Å². The van der Waals surface area contributed by atoms with Crippen molar-refractivity contribution in [3.8, 4) is 0 Å². The quantitative estimate of drug-likeness (QED) is 0.570. The van der Waals surface area contributed by atoms with Crippen molar-refractivity contribution in [1.29, 1.82) is 0 Å². The maximum Gasteiger partial charge on any atom is 0.306 e. The highest BCUT2D eigenvalue weighted by atomic mass is 32.2. The third kappa shape index (κ3) is 5.26. The summed E-state index contributed by atoms with van der Waals surface area (Å²) < 4.78 is 5.02. The van der Waals surface area contributed by atoms with E-state index in [4.69, 9.17) is 4.74 Å². The van der Waals surface area contributed by atoms with Gasteiger partial charge in [0.05, 0.1) is 13.0 Å². The lowest BCUT2D eigenvalue weighted by molar-refractivity contribution is -0.143. The fraction of sp³-hybridized carbons (Fsp3) is 0.500. The van der Waals surface area contributed by atoms with Gasteiger partial charge in [0.25, 0.3) is 0 Å². The van der Waals surface area contributed by atoms with Crippen molar-refractivity contribution < 1.29 is 9.53 Å². The molecule has 1 rings (SSSR count). The Morgan fingerprint density at radius 1 is 1.29 bits per heavy atom. The average Bonchev–Trinajstić information content (AvgIpc) is 2.31. The predicted octanol–water partition coefficient (Wildman–Crippen LogP) is 3.74. The highest BCUT2D eigenvalue weighted by Crippen LogP contribution is 2.21. The molecule has 0 spiro atoms. The second kappa shape index (κ2) is 7.38. The summed E-state index contributed by atoms with van der Waals surface area (Å²) in [6, 6.07) is 6.38. The first-order valence-corrected chi connectivity index (χ1v) is 6.97. The van der Waals surface area contributed by atoms with Crippen LogP contribution in [0, 0.1) is 13.8 Å². The molecule has 0 bridgehead atoms. The molecule has 0 heterocycles. The fourth-order valence-electron chi connectivity index (χ4n) is 1.34. The lowest BCUT2D eigenvalue weighted by Crippen LogP contribution is -2.05. The van der Waals surface area contributed by atoms with Gasteiger partial charge in [0.15, 0.2) is 0 Å². The Morgan fingerprint density at radius 3 is 2.71 bits per heavy atom. The lowest BCUT2D eigenvalue weighted by atomic mass is 10.1. The summed E-state index contributed by atoms with van der Waals surface area (Å²) in [5.41, 5.74) is 2.60. The van der Waals surface area contributed by atoms with Crippen molar-refractivity contribution in [2.75, 3.05) is 12.4 Å². The van der Waals surface area contributed by atoms with E-state index in [9.17, 15) is 4.79 Å². The zero-order chi connectivity index (χ0) is 12.7. The van der Waals surface area contributed by atoms with Crippen LogP contribution in [0.1, 0.15) is 30.9 Å². The van der Waals surface area contributed by atoms with Crippen LogP contribution in [0.15, 0.2) is 23.1 Å². The van der Waals surface area contributed by atoms with Crippen molar-refractivity contribution in [3.05, 3.63) is 29.3 Å². The molecule has 0 aliphatic carbocycles. The Morgan fingerprint density at radius 2 is 2.06 bits per heavy atom. The van der Waals surface area contributed by atoms with Gasteiger partial charge in [-0.3, -0.25) is 4.79 Å².